The van der Waals surface area contributed by atoms with Crippen LogP contribution in [0.5, 0.6) is 0 Å². The van der Waals surface area contributed by atoms with Gasteiger partial charge < -0.3 is 20.0 Å². The second-order valence-electron chi connectivity index (χ2n) is 11.2. The minimum atomic E-state index is -3.24. The molecule has 4 aromatic rings. The van der Waals surface area contributed by atoms with E-state index in [1.165, 1.54) is 57.5 Å². The predicted octanol–water partition coefficient (Wildman–Crippen LogP) is 4.01. The summed E-state index contributed by atoms with van der Waals surface area (Å²) in [5, 5.41) is 8.06. The summed E-state index contributed by atoms with van der Waals surface area (Å²) in [6, 6.07) is 19.3. The normalized spacial score (nSPS) is 19.2. The van der Waals surface area contributed by atoms with Gasteiger partial charge in [0, 0.05) is 69.0 Å². The fourth-order valence-electron chi connectivity index (χ4n) is 5.78. The number of piperazine rings is 1. The lowest BCUT2D eigenvalue weighted by Gasteiger charge is -2.39. The molecule has 2 aromatic heterocycles. The molecule has 0 bridgehead atoms. The van der Waals surface area contributed by atoms with Gasteiger partial charge in [0.1, 0.15) is 0 Å². The van der Waals surface area contributed by atoms with Gasteiger partial charge in [-0.3, -0.25) is 0 Å². The summed E-state index contributed by atoms with van der Waals surface area (Å²) in [6.45, 7) is 8.13. The van der Waals surface area contributed by atoms with Crippen LogP contribution in [0.15, 0.2) is 71.8 Å². The fourth-order valence-corrected chi connectivity index (χ4v) is 6.41. The van der Waals surface area contributed by atoms with Crippen molar-refractivity contribution in [1.82, 2.24) is 24.4 Å². The monoisotopic (exact) mass is 559 g/mol. The molecule has 1 unspecified atom stereocenters. The van der Waals surface area contributed by atoms with Crippen LogP contribution in [-0.2, 0) is 9.84 Å². The first-order valence-corrected chi connectivity index (χ1v) is 15.9. The Kier molecular flexibility index (Phi) is 7.48. The molecule has 0 amide bonds. The zero-order valence-corrected chi connectivity index (χ0v) is 24.0. The molecule has 2 aliphatic rings. The summed E-state index contributed by atoms with van der Waals surface area (Å²) in [6.07, 6.45) is 5.55. The van der Waals surface area contributed by atoms with Crippen molar-refractivity contribution in [1.29, 1.82) is 0 Å². The number of aromatic nitrogens is 3. The summed E-state index contributed by atoms with van der Waals surface area (Å²) in [5.74, 6) is 1.21. The molecule has 4 heterocycles. The number of piperidine rings is 1. The largest absolute Gasteiger partial charge is 0.371 e. The highest BCUT2D eigenvalue weighted by Gasteiger charge is 2.24. The second-order valence-corrected chi connectivity index (χ2v) is 13.2. The van der Waals surface area contributed by atoms with Gasteiger partial charge in [-0.1, -0.05) is 12.1 Å². The second kappa shape index (κ2) is 11.2. The van der Waals surface area contributed by atoms with E-state index in [9.17, 15) is 8.42 Å². The Morgan fingerprint density at radius 1 is 0.925 bits per heavy atom. The Balaban J connectivity index is 1.12. The summed E-state index contributed by atoms with van der Waals surface area (Å²) in [4.78, 5) is 12.4. The molecule has 9 nitrogen and oxygen atoms in total. The standard InChI is InChI=1S/C30H37N7O2S/c1-34-16-18-35(19-17-34)21-23-4-3-15-36(22-23)26-9-7-25(8-10-26)32-30-31-20-27-11-14-29(37(27)33-30)24-5-12-28(13-6-24)40(2,38)39/h5-14,20,23H,3-4,15-19,21-22H2,1-2H3,(H,32,33). The number of anilines is 3. The average molecular weight is 560 g/mol. The third-order valence-electron chi connectivity index (χ3n) is 8.10. The van der Waals surface area contributed by atoms with Gasteiger partial charge in [0.05, 0.1) is 22.3 Å². The smallest absolute Gasteiger partial charge is 0.245 e. The molecule has 1 atom stereocenters. The van der Waals surface area contributed by atoms with E-state index in [0.717, 1.165) is 35.6 Å². The molecule has 0 spiro atoms. The molecule has 6 rings (SSSR count). The minimum absolute atomic E-state index is 0.299. The third kappa shape index (κ3) is 5.99. The highest BCUT2D eigenvalue weighted by Crippen LogP contribution is 2.27. The maximum Gasteiger partial charge on any atom is 0.245 e. The van der Waals surface area contributed by atoms with Gasteiger partial charge in [0.15, 0.2) is 9.84 Å². The van der Waals surface area contributed by atoms with Crippen LogP contribution in [0.25, 0.3) is 16.8 Å². The molecule has 2 aromatic carbocycles. The molecule has 1 N–H and O–H groups in total. The van der Waals surface area contributed by atoms with Crippen LogP contribution >= 0.6 is 0 Å². The molecule has 2 fully saturated rings. The molecular weight excluding hydrogens is 522 g/mol. The van der Waals surface area contributed by atoms with Crippen LogP contribution < -0.4 is 10.2 Å². The molecular formula is C30H37N7O2S. The van der Waals surface area contributed by atoms with E-state index in [4.69, 9.17) is 5.10 Å². The van der Waals surface area contributed by atoms with Gasteiger partial charge >= 0.3 is 0 Å². The highest BCUT2D eigenvalue weighted by atomic mass is 32.2. The summed E-state index contributed by atoms with van der Waals surface area (Å²) >= 11 is 0. The zero-order chi connectivity index (χ0) is 27.7. The molecule has 10 heteroatoms. The molecule has 0 aliphatic carbocycles. The van der Waals surface area contributed by atoms with Crippen LogP contribution in [0.1, 0.15) is 12.8 Å². The number of nitrogens with zero attached hydrogens (tertiary/aromatic N) is 6. The van der Waals surface area contributed by atoms with E-state index < -0.39 is 9.84 Å². The Bertz CT molecular complexity index is 1560. The average Bonchev–Trinajstić information content (AvgIpc) is 3.38. The van der Waals surface area contributed by atoms with Gasteiger partial charge in [0.2, 0.25) is 5.95 Å². The number of hydrogen-bond acceptors (Lipinski definition) is 8. The van der Waals surface area contributed by atoms with Crippen molar-refractivity contribution in [3.63, 3.8) is 0 Å². The van der Waals surface area contributed by atoms with Crippen molar-refractivity contribution in [2.45, 2.75) is 17.7 Å². The lowest BCUT2D eigenvalue weighted by Crippen LogP contribution is -2.48. The van der Waals surface area contributed by atoms with Crippen LogP contribution in [0, 0.1) is 5.92 Å². The van der Waals surface area contributed by atoms with Crippen LogP contribution in [0.3, 0.4) is 0 Å². The lowest BCUT2D eigenvalue weighted by molar-refractivity contribution is 0.131. The molecule has 0 radical (unpaired) electrons. The van der Waals surface area contributed by atoms with Gasteiger partial charge in [-0.05, 0) is 74.3 Å². The van der Waals surface area contributed by atoms with E-state index in [-0.39, 0.29) is 0 Å². The first kappa shape index (κ1) is 26.7. The predicted molar refractivity (Wildman–Crippen MR) is 160 cm³/mol. The minimum Gasteiger partial charge on any atom is -0.371 e. The number of hydrogen-bond donors (Lipinski definition) is 1. The van der Waals surface area contributed by atoms with Gasteiger partial charge in [0.25, 0.3) is 0 Å². The molecule has 40 heavy (non-hydrogen) atoms. The van der Waals surface area contributed by atoms with Crippen molar-refractivity contribution in [2.24, 2.45) is 5.92 Å². The number of sulfone groups is 1. The summed E-state index contributed by atoms with van der Waals surface area (Å²) < 4.78 is 25.5. The third-order valence-corrected chi connectivity index (χ3v) is 9.23. The quantitative estimate of drug-likeness (QED) is 0.364. The molecule has 0 saturated carbocycles. The number of fused-ring (bicyclic) bond motifs is 1. The van der Waals surface area contributed by atoms with Crippen molar-refractivity contribution in [2.75, 3.05) is 69.3 Å². The Hall–Kier alpha value is -3.47. The van der Waals surface area contributed by atoms with Crippen molar-refractivity contribution < 1.29 is 8.42 Å². The fraction of sp³-hybridized carbons (Fsp3) is 0.400. The Morgan fingerprint density at radius 2 is 1.68 bits per heavy atom. The topological polar surface area (TPSA) is 86.1 Å². The zero-order valence-electron chi connectivity index (χ0n) is 23.2. The highest BCUT2D eigenvalue weighted by molar-refractivity contribution is 7.90. The molecule has 210 valence electrons. The van der Waals surface area contributed by atoms with Crippen molar-refractivity contribution in [3.05, 3.63) is 66.9 Å². The maximum atomic E-state index is 11.8. The molecule has 2 aliphatic heterocycles. The first-order valence-electron chi connectivity index (χ1n) is 14.0. The van der Waals surface area contributed by atoms with E-state index in [1.807, 2.05) is 28.8 Å². The Morgan fingerprint density at radius 3 is 2.40 bits per heavy atom. The Labute approximate surface area is 236 Å². The summed E-state index contributed by atoms with van der Waals surface area (Å²) in [5.41, 5.74) is 4.80. The number of rotatable bonds is 7. The van der Waals surface area contributed by atoms with Gasteiger partial charge in [-0.15, -0.1) is 5.10 Å². The van der Waals surface area contributed by atoms with Crippen LogP contribution in [0.2, 0.25) is 0 Å². The van der Waals surface area contributed by atoms with E-state index in [2.05, 4.69) is 56.3 Å². The van der Waals surface area contributed by atoms with Gasteiger partial charge in [-0.2, -0.15) is 0 Å². The van der Waals surface area contributed by atoms with E-state index in [0.29, 0.717) is 16.8 Å². The SMILES string of the molecule is CN1CCN(CC2CCCN(c3ccc(Nc4ncc5ccc(-c6ccc(S(C)(=O)=O)cc6)n5n4)cc3)C2)CC1. The number of likely N-dealkylation sites (N-methyl/N-ethyl adjacent to an activating group) is 1. The van der Waals surface area contributed by atoms with E-state index in [1.54, 1.807) is 18.3 Å². The molecule has 2 saturated heterocycles. The van der Waals surface area contributed by atoms with E-state index >= 15 is 0 Å². The van der Waals surface area contributed by atoms with Crippen LogP contribution in [0.4, 0.5) is 17.3 Å². The van der Waals surface area contributed by atoms with Gasteiger partial charge in [-0.25, -0.2) is 17.9 Å². The number of benzene rings is 2. The van der Waals surface area contributed by atoms with Crippen molar-refractivity contribution >= 4 is 32.7 Å². The summed E-state index contributed by atoms with van der Waals surface area (Å²) in [7, 11) is -1.03. The lowest BCUT2D eigenvalue weighted by atomic mass is 9.96. The van der Waals surface area contributed by atoms with Crippen LogP contribution in [-0.4, -0.2) is 91.9 Å². The number of nitrogens with one attached hydrogen (secondary N) is 1. The first-order chi connectivity index (χ1) is 19.3. The van der Waals surface area contributed by atoms with Crippen molar-refractivity contribution in [3.8, 4) is 11.3 Å². The maximum absolute atomic E-state index is 11.8.